The van der Waals surface area contributed by atoms with E-state index in [2.05, 4.69) is 36.3 Å². The maximum absolute atomic E-state index is 12.0. The first kappa shape index (κ1) is 16.0. The average Bonchev–Trinajstić information content (AvgIpc) is 2.54. The summed E-state index contributed by atoms with van der Waals surface area (Å²) in [5.74, 6) is -0.214. The molecule has 0 radical (unpaired) electrons. The van der Waals surface area contributed by atoms with Crippen LogP contribution in [0.4, 0.5) is 10.5 Å². The molecular formula is C15H14BrN3O3. The van der Waals surface area contributed by atoms with E-state index < -0.39 is 6.09 Å². The van der Waals surface area contributed by atoms with Gasteiger partial charge in [-0.1, -0.05) is 0 Å². The van der Waals surface area contributed by atoms with Gasteiger partial charge in [0.2, 0.25) is 0 Å². The molecule has 0 unspecified atom stereocenters. The predicted molar refractivity (Wildman–Crippen MR) is 85.6 cm³/mol. The summed E-state index contributed by atoms with van der Waals surface area (Å²) in [5.41, 5.74) is 1.81. The number of carbonyl (C=O) groups excluding carboxylic acids is 2. The average molecular weight is 364 g/mol. The molecule has 1 aromatic heterocycles. The van der Waals surface area contributed by atoms with Gasteiger partial charge in [0, 0.05) is 21.9 Å². The number of benzene rings is 1. The van der Waals surface area contributed by atoms with Gasteiger partial charge in [0.15, 0.2) is 0 Å². The normalized spacial score (nSPS) is 9.91. The number of carbonyl (C=O) groups is 2. The number of methoxy groups -OCH3 is 1. The highest BCUT2D eigenvalue weighted by Gasteiger charge is 2.07. The fourth-order valence-corrected chi connectivity index (χ4v) is 1.89. The monoisotopic (exact) mass is 363 g/mol. The van der Waals surface area contributed by atoms with Crippen LogP contribution in [0.5, 0.6) is 0 Å². The molecule has 22 heavy (non-hydrogen) atoms. The number of nitrogens with one attached hydrogen (secondary N) is 2. The largest absolute Gasteiger partial charge is 0.453 e. The van der Waals surface area contributed by atoms with Gasteiger partial charge >= 0.3 is 6.09 Å². The Balaban J connectivity index is 1.92. The third-order valence-corrected chi connectivity index (χ3v) is 3.27. The highest BCUT2D eigenvalue weighted by Crippen LogP contribution is 2.10. The number of aromatic nitrogens is 1. The second kappa shape index (κ2) is 7.56. The number of halogens is 1. The zero-order chi connectivity index (χ0) is 15.9. The fraction of sp³-hybridized carbons (Fsp3) is 0.133. The van der Waals surface area contributed by atoms with Gasteiger partial charge in [0.05, 0.1) is 19.3 Å². The molecule has 2 N–H and O–H groups in total. The lowest BCUT2D eigenvalue weighted by Gasteiger charge is -2.07. The Morgan fingerprint density at radius 1 is 1.18 bits per heavy atom. The number of hydrogen-bond donors (Lipinski definition) is 2. The molecule has 0 aliphatic rings. The van der Waals surface area contributed by atoms with E-state index in [0.29, 0.717) is 17.8 Å². The first-order chi connectivity index (χ1) is 10.6. The quantitative estimate of drug-likeness (QED) is 0.874. The summed E-state index contributed by atoms with van der Waals surface area (Å²) < 4.78 is 5.37. The van der Waals surface area contributed by atoms with Crippen LogP contribution >= 0.6 is 15.9 Å². The smallest absolute Gasteiger partial charge is 0.411 e. The number of hydrogen-bond acceptors (Lipinski definition) is 4. The number of amides is 2. The molecule has 2 aromatic rings. The number of ether oxygens (including phenoxy) is 1. The summed E-state index contributed by atoms with van der Waals surface area (Å²) in [5, 5.41) is 5.29. The van der Waals surface area contributed by atoms with Crippen molar-refractivity contribution in [2.45, 2.75) is 6.54 Å². The molecule has 0 aliphatic heterocycles. The first-order valence-electron chi connectivity index (χ1n) is 6.42. The standard InChI is InChI=1S/C15H14BrN3O3/c1-22-15(21)19-12-5-2-10(3-6-12)14(20)18-9-13-7-4-11(16)8-17-13/h2-8H,9H2,1H3,(H,18,20)(H,19,21). The van der Waals surface area contributed by atoms with E-state index in [0.717, 1.165) is 10.2 Å². The number of rotatable bonds is 4. The van der Waals surface area contributed by atoms with Gasteiger partial charge < -0.3 is 10.1 Å². The Kier molecular flexibility index (Phi) is 5.48. The minimum atomic E-state index is -0.557. The second-order valence-corrected chi connectivity index (χ2v) is 5.26. The van der Waals surface area contributed by atoms with E-state index in [1.54, 1.807) is 30.5 Å². The van der Waals surface area contributed by atoms with Crippen LogP contribution < -0.4 is 10.6 Å². The van der Waals surface area contributed by atoms with Crippen molar-refractivity contribution in [2.24, 2.45) is 0 Å². The van der Waals surface area contributed by atoms with Gasteiger partial charge in [0.1, 0.15) is 0 Å². The van der Waals surface area contributed by atoms with Crippen molar-refractivity contribution in [3.8, 4) is 0 Å². The van der Waals surface area contributed by atoms with Crippen molar-refractivity contribution >= 4 is 33.6 Å². The van der Waals surface area contributed by atoms with Crippen LogP contribution in [-0.2, 0) is 11.3 Å². The second-order valence-electron chi connectivity index (χ2n) is 4.34. The minimum absolute atomic E-state index is 0.214. The molecule has 0 atom stereocenters. The lowest BCUT2D eigenvalue weighted by atomic mass is 10.2. The van der Waals surface area contributed by atoms with Crippen molar-refractivity contribution in [3.63, 3.8) is 0 Å². The molecule has 7 heteroatoms. The van der Waals surface area contributed by atoms with Crippen LogP contribution in [0.3, 0.4) is 0 Å². The maximum atomic E-state index is 12.0. The van der Waals surface area contributed by atoms with Crippen molar-refractivity contribution in [3.05, 3.63) is 58.3 Å². The summed E-state index contributed by atoms with van der Waals surface area (Å²) in [6.45, 7) is 0.342. The van der Waals surface area contributed by atoms with E-state index in [1.165, 1.54) is 7.11 Å². The van der Waals surface area contributed by atoms with E-state index in [1.807, 2.05) is 12.1 Å². The highest BCUT2D eigenvalue weighted by molar-refractivity contribution is 9.10. The molecule has 114 valence electrons. The molecular weight excluding hydrogens is 350 g/mol. The zero-order valence-corrected chi connectivity index (χ0v) is 13.4. The molecule has 2 rings (SSSR count). The third kappa shape index (κ3) is 4.56. The lowest BCUT2D eigenvalue weighted by molar-refractivity contribution is 0.0950. The van der Waals surface area contributed by atoms with Crippen LogP contribution in [0, 0.1) is 0 Å². The van der Waals surface area contributed by atoms with Gasteiger partial charge in [-0.3, -0.25) is 15.1 Å². The molecule has 0 aliphatic carbocycles. The molecule has 0 saturated carbocycles. The van der Waals surface area contributed by atoms with E-state index in [9.17, 15) is 9.59 Å². The van der Waals surface area contributed by atoms with Crippen LogP contribution in [0.1, 0.15) is 16.1 Å². The molecule has 0 bridgehead atoms. The molecule has 2 amide bonds. The van der Waals surface area contributed by atoms with Gasteiger partial charge in [0.25, 0.3) is 5.91 Å². The Bertz CT molecular complexity index is 657. The Hall–Kier alpha value is -2.41. The molecule has 0 saturated heterocycles. The Morgan fingerprint density at radius 3 is 2.50 bits per heavy atom. The molecule has 1 heterocycles. The first-order valence-corrected chi connectivity index (χ1v) is 7.21. The Morgan fingerprint density at radius 2 is 1.91 bits per heavy atom. The van der Waals surface area contributed by atoms with Gasteiger partial charge in [-0.05, 0) is 52.3 Å². The van der Waals surface area contributed by atoms with E-state index >= 15 is 0 Å². The van der Waals surface area contributed by atoms with Crippen molar-refractivity contribution in [2.75, 3.05) is 12.4 Å². The summed E-state index contributed by atoms with van der Waals surface area (Å²) in [6.07, 6.45) is 1.12. The summed E-state index contributed by atoms with van der Waals surface area (Å²) in [7, 11) is 1.29. The topological polar surface area (TPSA) is 80.3 Å². The Labute approximate surface area is 136 Å². The predicted octanol–water partition coefficient (Wildman–Crippen LogP) is 2.95. The van der Waals surface area contributed by atoms with Gasteiger partial charge in [-0.15, -0.1) is 0 Å². The summed E-state index contributed by atoms with van der Waals surface area (Å²) in [6, 6.07) is 10.2. The van der Waals surface area contributed by atoms with Gasteiger partial charge in [-0.25, -0.2) is 4.79 Å². The van der Waals surface area contributed by atoms with Crippen LogP contribution in [-0.4, -0.2) is 24.1 Å². The van der Waals surface area contributed by atoms with Crippen LogP contribution in [0.2, 0.25) is 0 Å². The van der Waals surface area contributed by atoms with Crippen molar-refractivity contribution in [1.82, 2.24) is 10.3 Å². The lowest BCUT2D eigenvalue weighted by Crippen LogP contribution is -2.23. The maximum Gasteiger partial charge on any atom is 0.411 e. The SMILES string of the molecule is COC(=O)Nc1ccc(C(=O)NCc2ccc(Br)cn2)cc1. The molecule has 0 fully saturated rings. The fourth-order valence-electron chi connectivity index (χ4n) is 1.66. The van der Waals surface area contributed by atoms with E-state index in [-0.39, 0.29) is 5.91 Å². The number of pyridine rings is 1. The molecule has 1 aromatic carbocycles. The van der Waals surface area contributed by atoms with Crippen LogP contribution in [0.15, 0.2) is 47.1 Å². The number of nitrogens with zero attached hydrogens (tertiary/aromatic N) is 1. The van der Waals surface area contributed by atoms with E-state index in [4.69, 9.17) is 0 Å². The molecule has 6 nitrogen and oxygen atoms in total. The third-order valence-electron chi connectivity index (χ3n) is 2.80. The summed E-state index contributed by atoms with van der Waals surface area (Å²) in [4.78, 5) is 27.3. The molecule has 0 spiro atoms. The van der Waals surface area contributed by atoms with Crippen LogP contribution in [0.25, 0.3) is 0 Å². The summed E-state index contributed by atoms with van der Waals surface area (Å²) >= 11 is 3.30. The number of anilines is 1. The van der Waals surface area contributed by atoms with Gasteiger partial charge in [-0.2, -0.15) is 0 Å². The van der Waals surface area contributed by atoms with Crippen molar-refractivity contribution < 1.29 is 14.3 Å². The zero-order valence-electron chi connectivity index (χ0n) is 11.8. The highest BCUT2D eigenvalue weighted by atomic mass is 79.9. The minimum Gasteiger partial charge on any atom is -0.453 e. The van der Waals surface area contributed by atoms with Crippen molar-refractivity contribution in [1.29, 1.82) is 0 Å².